The zero-order chi connectivity index (χ0) is 19.7. The number of carboxylic acids is 1. The molecule has 3 aromatic carbocycles. The molecule has 0 aromatic heterocycles. The van der Waals surface area contributed by atoms with Gasteiger partial charge in [-0.2, -0.15) is 0 Å². The fraction of sp³-hybridized carbons (Fsp3) is 0.0909. The number of rotatable bonds is 4. The molecule has 0 heterocycles. The molecule has 28 heavy (non-hydrogen) atoms. The molecule has 0 aliphatic heterocycles. The number of ether oxygens (including phenoxy) is 1. The number of hydrogen-bond donors (Lipinski definition) is 3. The van der Waals surface area contributed by atoms with Crippen molar-refractivity contribution >= 4 is 17.7 Å². The van der Waals surface area contributed by atoms with E-state index in [4.69, 9.17) is 9.84 Å². The lowest BCUT2D eigenvalue weighted by Crippen LogP contribution is -2.18. The SMILES string of the molecule is O=C(Nc1ccc(O)c(C(=O)O)c1)OCC1c2ccccc2-c2ccccc21. The van der Waals surface area contributed by atoms with Gasteiger partial charge in [-0.05, 0) is 40.5 Å². The van der Waals surface area contributed by atoms with Crippen LogP contribution >= 0.6 is 0 Å². The minimum absolute atomic E-state index is 0.0625. The van der Waals surface area contributed by atoms with Gasteiger partial charge in [-0.15, -0.1) is 0 Å². The van der Waals surface area contributed by atoms with E-state index in [9.17, 15) is 14.7 Å². The van der Waals surface area contributed by atoms with E-state index < -0.39 is 12.1 Å². The lowest BCUT2D eigenvalue weighted by atomic mass is 9.98. The van der Waals surface area contributed by atoms with Crippen molar-refractivity contribution in [2.24, 2.45) is 0 Å². The number of nitrogens with one attached hydrogen (secondary N) is 1. The fourth-order valence-electron chi connectivity index (χ4n) is 3.54. The number of anilines is 1. The van der Waals surface area contributed by atoms with Gasteiger partial charge in [-0.3, -0.25) is 5.32 Å². The molecule has 6 nitrogen and oxygen atoms in total. The van der Waals surface area contributed by atoms with Gasteiger partial charge in [0, 0.05) is 11.6 Å². The van der Waals surface area contributed by atoms with Crippen LogP contribution in [0.3, 0.4) is 0 Å². The molecular weight excluding hydrogens is 358 g/mol. The van der Waals surface area contributed by atoms with E-state index in [1.54, 1.807) is 0 Å². The normalized spacial score (nSPS) is 12.1. The molecule has 4 rings (SSSR count). The van der Waals surface area contributed by atoms with Crippen LogP contribution in [0.15, 0.2) is 66.7 Å². The second-order valence-corrected chi connectivity index (χ2v) is 6.49. The predicted octanol–water partition coefficient (Wildman–Crippen LogP) is 4.45. The van der Waals surface area contributed by atoms with Crippen LogP contribution in [0.5, 0.6) is 5.75 Å². The van der Waals surface area contributed by atoms with Gasteiger partial charge >= 0.3 is 12.1 Å². The van der Waals surface area contributed by atoms with Crippen LogP contribution in [0.25, 0.3) is 11.1 Å². The molecule has 0 saturated heterocycles. The van der Waals surface area contributed by atoms with Gasteiger partial charge in [0.25, 0.3) is 0 Å². The van der Waals surface area contributed by atoms with Crippen molar-refractivity contribution in [1.82, 2.24) is 0 Å². The molecule has 140 valence electrons. The highest BCUT2D eigenvalue weighted by Gasteiger charge is 2.29. The summed E-state index contributed by atoms with van der Waals surface area (Å²) in [4.78, 5) is 23.3. The summed E-state index contributed by atoms with van der Waals surface area (Å²) in [6, 6.07) is 19.8. The average molecular weight is 375 g/mol. The summed E-state index contributed by atoms with van der Waals surface area (Å²) in [5, 5.41) is 21.1. The van der Waals surface area contributed by atoms with Crippen molar-refractivity contribution in [1.29, 1.82) is 0 Å². The third kappa shape index (κ3) is 3.16. The Morgan fingerprint density at radius 1 is 0.929 bits per heavy atom. The number of hydrogen-bond acceptors (Lipinski definition) is 4. The highest BCUT2D eigenvalue weighted by atomic mass is 16.5. The summed E-state index contributed by atoms with van der Waals surface area (Å²) in [7, 11) is 0. The maximum Gasteiger partial charge on any atom is 0.411 e. The zero-order valence-electron chi connectivity index (χ0n) is 14.8. The van der Waals surface area contributed by atoms with Crippen molar-refractivity contribution in [2.45, 2.75) is 5.92 Å². The largest absolute Gasteiger partial charge is 0.507 e. The van der Waals surface area contributed by atoms with E-state index in [-0.39, 0.29) is 29.5 Å². The fourth-order valence-corrected chi connectivity index (χ4v) is 3.54. The Morgan fingerprint density at radius 3 is 2.14 bits per heavy atom. The van der Waals surface area contributed by atoms with E-state index in [1.807, 2.05) is 36.4 Å². The van der Waals surface area contributed by atoms with Gasteiger partial charge in [-0.25, -0.2) is 9.59 Å². The van der Waals surface area contributed by atoms with Crippen LogP contribution in [-0.4, -0.2) is 28.9 Å². The van der Waals surface area contributed by atoms with Crippen LogP contribution in [0.1, 0.15) is 27.4 Å². The number of carboxylic acid groups (broad SMARTS) is 1. The molecule has 0 saturated carbocycles. The van der Waals surface area contributed by atoms with Gasteiger partial charge in [0.05, 0.1) is 0 Å². The Hall–Kier alpha value is -3.80. The summed E-state index contributed by atoms with van der Waals surface area (Å²) >= 11 is 0. The molecule has 0 bridgehead atoms. The molecule has 1 aliphatic rings. The molecule has 6 heteroatoms. The molecule has 0 spiro atoms. The molecule has 1 aliphatic carbocycles. The molecule has 3 aromatic rings. The van der Waals surface area contributed by atoms with E-state index in [0.29, 0.717) is 0 Å². The van der Waals surface area contributed by atoms with Crippen LogP contribution in [0.2, 0.25) is 0 Å². The second-order valence-electron chi connectivity index (χ2n) is 6.49. The maximum absolute atomic E-state index is 12.2. The Balaban J connectivity index is 1.49. The molecular formula is C22H17NO5. The van der Waals surface area contributed by atoms with Crippen LogP contribution < -0.4 is 5.32 Å². The Kier molecular flexibility index (Phi) is 4.45. The minimum atomic E-state index is -1.28. The molecule has 0 fully saturated rings. The van der Waals surface area contributed by atoms with Crippen LogP contribution in [-0.2, 0) is 4.74 Å². The number of carbonyl (C=O) groups excluding carboxylic acids is 1. The highest BCUT2D eigenvalue weighted by Crippen LogP contribution is 2.44. The third-order valence-corrected chi connectivity index (χ3v) is 4.82. The third-order valence-electron chi connectivity index (χ3n) is 4.82. The number of benzene rings is 3. The topological polar surface area (TPSA) is 95.9 Å². The number of phenols is 1. The van der Waals surface area contributed by atoms with Crippen LogP contribution in [0, 0.1) is 0 Å². The first-order chi connectivity index (χ1) is 13.5. The Bertz CT molecular complexity index is 1030. The van der Waals surface area contributed by atoms with Crippen molar-refractivity contribution in [3.63, 3.8) is 0 Å². The van der Waals surface area contributed by atoms with Crippen molar-refractivity contribution in [3.05, 3.63) is 83.4 Å². The molecule has 1 amide bonds. The molecule has 0 radical (unpaired) electrons. The number of carbonyl (C=O) groups is 2. The second kappa shape index (κ2) is 7.08. The van der Waals surface area contributed by atoms with Gasteiger partial charge in [0.15, 0.2) is 0 Å². The smallest absolute Gasteiger partial charge is 0.411 e. The van der Waals surface area contributed by atoms with E-state index in [1.165, 1.54) is 18.2 Å². The van der Waals surface area contributed by atoms with Crippen molar-refractivity contribution in [3.8, 4) is 16.9 Å². The number of fused-ring (bicyclic) bond motifs is 3. The average Bonchev–Trinajstić information content (AvgIpc) is 3.01. The first-order valence-corrected chi connectivity index (χ1v) is 8.73. The van der Waals surface area contributed by atoms with Crippen LogP contribution in [0.4, 0.5) is 10.5 Å². The molecule has 3 N–H and O–H groups in total. The number of aromatic carboxylic acids is 1. The predicted molar refractivity (Wildman–Crippen MR) is 104 cm³/mol. The summed E-state index contributed by atoms with van der Waals surface area (Å²) < 4.78 is 5.41. The number of amides is 1. The maximum atomic E-state index is 12.2. The van der Waals surface area contributed by atoms with Gasteiger partial charge in [0.1, 0.15) is 17.9 Å². The summed E-state index contributed by atoms with van der Waals surface area (Å²) in [6.07, 6.45) is -0.691. The summed E-state index contributed by atoms with van der Waals surface area (Å²) in [5.74, 6) is -1.72. The first kappa shape index (κ1) is 17.6. The lowest BCUT2D eigenvalue weighted by Gasteiger charge is -2.14. The van der Waals surface area contributed by atoms with E-state index >= 15 is 0 Å². The standard InChI is InChI=1S/C22H17NO5/c24-20-10-9-13(11-18(20)21(25)26)23-22(27)28-12-19-16-7-3-1-5-14(16)15-6-2-4-8-17(15)19/h1-11,19,24H,12H2,(H,23,27)(H,25,26). The van der Waals surface area contributed by atoms with Crippen molar-refractivity contribution in [2.75, 3.05) is 11.9 Å². The molecule has 0 atom stereocenters. The zero-order valence-corrected chi connectivity index (χ0v) is 14.8. The van der Waals surface area contributed by atoms with Gasteiger partial charge < -0.3 is 14.9 Å². The molecule has 0 unspecified atom stereocenters. The summed E-state index contributed by atoms with van der Waals surface area (Å²) in [6.45, 7) is 0.156. The number of aromatic hydroxyl groups is 1. The quantitative estimate of drug-likeness (QED) is 0.586. The van der Waals surface area contributed by atoms with Crippen molar-refractivity contribution < 1.29 is 24.5 Å². The first-order valence-electron chi connectivity index (χ1n) is 8.73. The van der Waals surface area contributed by atoms with E-state index in [2.05, 4.69) is 17.4 Å². The monoisotopic (exact) mass is 375 g/mol. The minimum Gasteiger partial charge on any atom is -0.507 e. The van der Waals surface area contributed by atoms with Gasteiger partial charge in [-0.1, -0.05) is 48.5 Å². The van der Waals surface area contributed by atoms with E-state index in [0.717, 1.165) is 22.3 Å². The Morgan fingerprint density at radius 2 is 1.54 bits per heavy atom. The summed E-state index contributed by atoms with van der Waals surface area (Å²) in [5.41, 5.74) is 4.42. The highest BCUT2D eigenvalue weighted by molar-refractivity contribution is 5.94. The Labute approximate surface area is 161 Å². The van der Waals surface area contributed by atoms with Gasteiger partial charge in [0.2, 0.25) is 0 Å². The lowest BCUT2D eigenvalue weighted by molar-refractivity contribution is 0.0693.